The summed E-state index contributed by atoms with van der Waals surface area (Å²) in [5, 5.41) is 0. The molecule has 0 atom stereocenters. The average Bonchev–Trinajstić information content (AvgIpc) is 2.95. The summed E-state index contributed by atoms with van der Waals surface area (Å²) in [6.07, 6.45) is 3.28. The van der Waals surface area contributed by atoms with E-state index < -0.39 is 0 Å². The number of benzene rings is 1. The quantitative estimate of drug-likeness (QED) is 0.699. The van der Waals surface area contributed by atoms with Gasteiger partial charge in [0.2, 0.25) is 5.91 Å². The van der Waals surface area contributed by atoms with Gasteiger partial charge in [-0.2, -0.15) is 0 Å². The van der Waals surface area contributed by atoms with Gasteiger partial charge in [-0.1, -0.05) is 57.5 Å². The van der Waals surface area contributed by atoms with Crippen molar-refractivity contribution in [1.29, 1.82) is 0 Å². The molecule has 0 spiro atoms. The Balaban J connectivity index is 1.85. The van der Waals surface area contributed by atoms with Crippen molar-refractivity contribution in [1.82, 2.24) is 14.9 Å². The van der Waals surface area contributed by atoms with Gasteiger partial charge in [0.25, 0.3) is 0 Å². The molecule has 31 heavy (non-hydrogen) atoms. The highest BCUT2D eigenvalue weighted by atomic mass is 16.2. The van der Waals surface area contributed by atoms with E-state index in [2.05, 4.69) is 63.8 Å². The van der Waals surface area contributed by atoms with E-state index >= 15 is 0 Å². The fourth-order valence-electron chi connectivity index (χ4n) is 4.23. The molecule has 2 heterocycles. The summed E-state index contributed by atoms with van der Waals surface area (Å²) in [4.78, 5) is 26.9. The summed E-state index contributed by atoms with van der Waals surface area (Å²) in [6.45, 7) is 16.0. The molecule has 0 unspecified atom stereocenters. The van der Waals surface area contributed by atoms with Crippen LogP contribution in [0.5, 0.6) is 0 Å². The molecule has 1 aromatic heterocycles. The van der Waals surface area contributed by atoms with Crippen molar-refractivity contribution >= 4 is 11.7 Å². The maximum Gasteiger partial charge on any atom is 0.223 e. The van der Waals surface area contributed by atoms with E-state index in [-0.39, 0.29) is 11.3 Å². The Labute approximate surface area is 187 Å². The second kappa shape index (κ2) is 9.80. The molecule has 1 saturated heterocycles. The lowest BCUT2D eigenvalue weighted by atomic mass is 9.91. The fourth-order valence-corrected chi connectivity index (χ4v) is 4.23. The van der Waals surface area contributed by atoms with E-state index in [1.807, 2.05) is 11.8 Å². The lowest BCUT2D eigenvalue weighted by molar-refractivity contribution is -0.132. The first-order chi connectivity index (χ1) is 14.7. The van der Waals surface area contributed by atoms with Crippen LogP contribution in [0, 0.1) is 19.3 Å². The van der Waals surface area contributed by atoms with Gasteiger partial charge in [0.15, 0.2) is 0 Å². The van der Waals surface area contributed by atoms with Gasteiger partial charge in [-0.15, -0.1) is 0 Å². The number of hydrogen-bond donors (Lipinski definition) is 0. The third-order valence-electron chi connectivity index (χ3n) is 5.85. The summed E-state index contributed by atoms with van der Waals surface area (Å²) < 4.78 is 0. The van der Waals surface area contributed by atoms with Gasteiger partial charge in [0, 0.05) is 50.3 Å². The second-order valence-corrected chi connectivity index (χ2v) is 9.99. The molecule has 1 amide bonds. The first kappa shape index (κ1) is 23.2. The van der Waals surface area contributed by atoms with Gasteiger partial charge in [-0.25, -0.2) is 9.97 Å². The number of aromatic nitrogens is 2. The van der Waals surface area contributed by atoms with Crippen LogP contribution in [0.25, 0.3) is 0 Å². The molecule has 1 aliphatic heterocycles. The summed E-state index contributed by atoms with van der Waals surface area (Å²) in [6, 6.07) is 8.74. The number of amides is 1. The molecule has 1 fully saturated rings. The molecule has 2 aromatic rings. The van der Waals surface area contributed by atoms with Crippen LogP contribution in [0.15, 0.2) is 24.3 Å². The highest BCUT2D eigenvalue weighted by Gasteiger charge is 2.25. The van der Waals surface area contributed by atoms with Crippen molar-refractivity contribution in [3.63, 3.8) is 0 Å². The first-order valence-electron chi connectivity index (χ1n) is 11.6. The van der Waals surface area contributed by atoms with E-state index in [4.69, 9.17) is 9.97 Å². The van der Waals surface area contributed by atoms with Crippen molar-refractivity contribution in [3.05, 3.63) is 52.5 Å². The molecule has 5 nitrogen and oxygen atoms in total. The van der Waals surface area contributed by atoms with Crippen molar-refractivity contribution in [2.24, 2.45) is 5.41 Å². The number of carbonyl (C=O) groups excluding carboxylic acids is 1. The van der Waals surface area contributed by atoms with Crippen LogP contribution in [-0.2, 0) is 17.6 Å². The predicted molar refractivity (Wildman–Crippen MR) is 128 cm³/mol. The second-order valence-electron chi connectivity index (χ2n) is 9.99. The molecule has 168 valence electrons. The Hall–Kier alpha value is -2.43. The maximum atomic E-state index is 12.8. The van der Waals surface area contributed by atoms with Crippen molar-refractivity contribution in [2.45, 2.75) is 67.2 Å². The zero-order valence-corrected chi connectivity index (χ0v) is 20.2. The lowest BCUT2D eigenvalue weighted by Crippen LogP contribution is -2.37. The van der Waals surface area contributed by atoms with Crippen LogP contribution in [0.4, 0.5) is 5.82 Å². The molecule has 0 saturated carbocycles. The average molecular weight is 423 g/mol. The topological polar surface area (TPSA) is 49.3 Å². The van der Waals surface area contributed by atoms with Crippen LogP contribution >= 0.6 is 0 Å². The molecular formula is C26H38N4O. The van der Waals surface area contributed by atoms with Gasteiger partial charge in [-0.3, -0.25) is 4.79 Å². The van der Waals surface area contributed by atoms with E-state index in [0.29, 0.717) is 6.42 Å². The number of hydrogen-bond acceptors (Lipinski definition) is 4. The summed E-state index contributed by atoms with van der Waals surface area (Å²) in [7, 11) is 0. The Morgan fingerprint density at radius 1 is 1.00 bits per heavy atom. The number of carbonyl (C=O) groups is 1. The van der Waals surface area contributed by atoms with E-state index in [0.717, 1.165) is 62.8 Å². The summed E-state index contributed by atoms with van der Waals surface area (Å²) >= 11 is 0. The van der Waals surface area contributed by atoms with Gasteiger partial charge < -0.3 is 9.80 Å². The van der Waals surface area contributed by atoms with Crippen LogP contribution in [0.3, 0.4) is 0 Å². The highest BCUT2D eigenvalue weighted by Crippen LogP contribution is 2.27. The van der Waals surface area contributed by atoms with Gasteiger partial charge in [0.1, 0.15) is 11.6 Å². The Bertz CT molecular complexity index is 899. The van der Waals surface area contributed by atoms with Gasteiger partial charge in [0.05, 0.1) is 0 Å². The van der Waals surface area contributed by atoms with E-state index in [9.17, 15) is 4.79 Å². The summed E-state index contributed by atoms with van der Waals surface area (Å²) in [5.41, 5.74) is 4.93. The minimum atomic E-state index is 0.0179. The number of anilines is 1. The molecule has 1 aliphatic rings. The molecular weight excluding hydrogens is 384 g/mol. The lowest BCUT2D eigenvalue weighted by Gasteiger charge is -2.27. The Morgan fingerprint density at radius 3 is 2.35 bits per heavy atom. The SMILES string of the molecule is CCc1nc(C)nc(N2CCCN(C(=O)CC(C)(C)C)CC2)c1Cc1ccc(C)cc1. The Morgan fingerprint density at radius 2 is 1.71 bits per heavy atom. The monoisotopic (exact) mass is 422 g/mol. The third-order valence-corrected chi connectivity index (χ3v) is 5.85. The zero-order chi connectivity index (χ0) is 22.6. The van der Waals surface area contributed by atoms with Crippen LogP contribution in [-0.4, -0.2) is 47.0 Å². The van der Waals surface area contributed by atoms with Crippen LogP contribution < -0.4 is 4.90 Å². The largest absolute Gasteiger partial charge is 0.354 e. The fraction of sp³-hybridized carbons (Fsp3) is 0.577. The molecule has 3 rings (SSSR count). The zero-order valence-electron chi connectivity index (χ0n) is 20.2. The summed E-state index contributed by atoms with van der Waals surface area (Å²) in [5.74, 6) is 2.14. The normalized spacial score (nSPS) is 15.2. The number of aryl methyl sites for hydroxylation is 3. The van der Waals surface area contributed by atoms with E-state index in [1.165, 1.54) is 16.7 Å². The van der Waals surface area contributed by atoms with Crippen molar-refractivity contribution < 1.29 is 4.79 Å². The predicted octanol–water partition coefficient (Wildman–Crippen LogP) is 4.72. The van der Waals surface area contributed by atoms with Crippen molar-refractivity contribution in [3.8, 4) is 0 Å². The van der Waals surface area contributed by atoms with Gasteiger partial charge >= 0.3 is 0 Å². The molecule has 0 aliphatic carbocycles. The van der Waals surface area contributed by atoms with Crippen LogP contribution in [0.2, 0.25) is 0 Å². The minimum absolute atomic E-state index is 0.0179. The number of rotatable bonds is 5. The first-order valence-corrected chi connectivity index (χ1v) is 11.6. The highest BCUT2D eigenvalue weighted by molar-refractivity contribution is 5.77. The van der Waals surface area contributed by atoms with E-state index in [1.54, 1.807) is 0 Å². The molecule has 0 bridgehead atoms. The van der Waals surface area contributed by atoms with Gasteiger partial charge in [-0.05, 0) is 37.7 Å². The number of nitrogens with zero attached hydrogens (tertiary/aromatic N) is 4. The maximum absolute atomic E-state index is 12.8. The molecule has 0 N–H and O–H groups in total. The molecule has 0 radical (unpaired) electrons. The molecule has 5 heteroatoms. The smallest absolute Gasteiger partial charge is 0.223 e. The Kier molecular flexibility index (Phi) is 7.34. The minimum Gasteiger partial charge on any atom is -0.354 e. The van der Waals surface area contributed by atoms with Crippen LogP contribution in [0.1, 0.15) is 68.7 Å². The molecule has 1 aromatic carbocycles. The van der Waals surface area contributed by atoms with Crippen molar-refractivity contribution in [2.75, 3.05) is 31.1 Å². The third kappa shape index (κ3) is 6.28. The standard InChI is InChI=1S/C26H38N4O/c1-7-23-22(17-21-11-9-19(2)10-12-21)25(28-20(3)27-23)30-14-8-13-29(15-16-30)24(31)18-26(4,5)6/h9-12H,7-8,13-18H2,1-6H3.